The minimum Gasteiger partial charge on any atom is -0.461 e. The molecule has 0 amide bonds. The molecule has 1 aliphatic rings. The van der Waals surface area contributed by atoms with Gasteiger partial charge in [-0.15, -0.1) is 0 Å². The maximum Gasteiger partial charge on any atom is 0.356 e. The van der Waals surface area contributed by atoms with E-state index in [1.807, 2.05) is 11.6 Å². The van der Waals surface area contributed by atoms with Crippen LogP contribution < -0.4 is 0 Å². The van der Waals surface area contributed by atoms with Crippen molar-refractivity contribution >= 4 is 5.97 Å². The first-order chi connectivity index (χ1) is 7.22. The summed E-state index contributed by atoms with van der Waals surface area (Å²) in [5.41, 5.74) is 0.569. The molecule has 0 saturated heterocycles. The van der Waals surface area contributed by atoms with Crippen molar-refractivity contribution in [3.05, 3.63) is 17.7 Å². The van der Waals surface area contributed by atoms with Gasteiger partial charge in [-0.3, -0.25) is 4.90 Å². The van der Waals surface area contributed by atoms with Gasteiger partial charge in [0.1, 0.15) is 11.5 Å². The summed E-state index contributed by atoms with van der Waals surface area (Å²) in [7, 11) is 2.04. The zero-order valence-corrected chi connectivity index (χ0v) is 9.06. The van der Waals surface area contributed by atoms with Crippen LogP contribution in [-0.4, -0.2) is 40.6 Å². The van der Waals surface area contributed by atoms with Crippen LogP contribution in [0.2, 0.25) is 0 Å². The number of carbonyl (C=O) groups is 1. The molecule has 0 unspecified atom stereocenters. The molecule has 82 valence electrons. The Labute approximate surface area is 88.7 Å². The molecule has 15 heavy (non-hydrogen) atoms. The van der Waals surface area contributed by atoms with E-state index in [4.69, 9.17) is 4.74 Å². The summed E-state index contributed by atoms with van der Waals surface area (Å²) in [6.45, 7) is 4.74. The Balaban J connectivity index is 2.24. The van der Waals surface area contributed by atoms with E-state index in [9.17, 15) is 4.79 Å². The fraction of sp³-hybridized carbons (Fsp3) is 0.600. The number of ether oxygens (including phenoxy) is 1. The van der Waals surface area contributed by atoms with E-state index in [2.05, 4.69) is 9.88 Å². The number of likely N-dealkylation sites (N-methyl/N-ethyl adjacent to an activating group) is 1. The average Bonchev–Trinajstić information content (AvgIpc) is 2.60. The highest BCUT2D eigenvalue weighted by atomic mass is 16.5. The van der Waals surface area contributed by atoms with Gasteiger partial charge in [0.15, 0.2) is 0 Å². The normalized spacial score (nSPS) is 16.1. The molecule has 1 aromatic rings. The van der Waals surface area contributed by atoms with E-state index < -0.39 is 0 Å². The smallest absolute Gasteiger partial charge is 0.356 e. The number of rotatable bonds is 2. The second kappa shape index (κ2) is 4.02. The van der Waals surface area contributed by atoms with Crippen molar-refractivity contribution in [2.45, 2.75) is 20.0 Å². The maximum atomic E-state index is 11.6. The minimum absolute atomic E-state index is 0.277. The van der Waals surface area contributed by atoms with Gasteiger partial charge in [-0.05, 0) is 14.0 Å². The first-order valence-electron chi connectivity index (χ1n) is 5.12. The standard InChI is InChI=1S/C10H15N3O2/c1-3-15-10(14)8-6-11-9-7-12(2)4-5-13(8)9/h6H,3-5,7H2,1-2H3. The van der Waals surface area contributed by atoms with Gasteiger partial charge in [0.2, 0.25) is 0 Å². The lowest BCUT2D eigenvalue weighted by Crippen LogP contribution is -2.32. The topological polar surface area (TPSA) is 47.4 Å². The summed E-state index contributed by atoms with van der Waals surface area (Å²) in [6.07, 6.45) is 1.60. The van der Waals surface area contributed by atoms with Crippen molar-refractivity contribution in [2.24, 2.45) is 0 Å². The third-order valence-corrected chi connectivity index (χ3v) is 2.54. The molecule has 0 aromatic carbocycles. The van der Waals surface area contributed by atoms with E-state index in [0.717, 1.165) is 25.5 Å². The molecule has 2 heterocycles. The number of esters is 1. The Hall–Kier alpha value is -1.36. The molecule has 0 radical (unpaired) electrons. The van der Waals surface area contributed by atoms with E-state index in [0.29, 0.717) is 12.3 Å². The van der Waals surface area contributed by atoms with Gasteiger partial charge in [0, 0.05) is 13.1 Å². The molecule has 0 spiro atoms. The zero-order valence-electron chi connectivity index (χ0n) is 9.06. The summed E-state index contributed by atoms with van der Waals surface area (Å²) in [5.74, 6) is 0.660. The molecular formula is C10H15N3O2. The largest absolute Gasteiger partial charge is 0.461 e. The Morgan fingerprint density at radius 3 is 3.13 bits per heavy atom. The maximum absolute atomic E-state index is 11.6. The number of carbonyl (C=O) groups excluding carboxylic acids is 1. The minimum atomic E-state index is -0.277. The van der Waals surface area contributed by atoms with Gasteiger partial charge in [-0.25, -0.2) is 9.78 Å². The lowest BCUT2D eigenvalue weighted by molar-refractivity contribution is 0.0510. The first-order valence-corrected chi connectivity index (χ1v) is 5.12. The number of hydrogen-bond donors (Lipinski definition) is 0. The predicted octanol–water partition coefficient (Wildman–Crippen LogP) is 0.505. The van der Waals surface area contributed by atoms with Crippen molar-refractivity contribution < 1.29 is 9.53 Å². The second-order valence-electron chi connectivity index (χ2n) is 3.67. The SMILES string of the molecule is CCOC(=O)c1cnc2n1CCN(C)C2. The van der Waals surface area contributed by atoms with Crippen LogP contribution in [0.15, 0.2) is 6.20 Å². The van der Waals surface area contributed by atoms with Crippen LogP contribution >= 0.6 is 0 Å². The van der Waals surface area contributed by atoms with E-state index >= 15 is 0 Å². The van der Waals surface area contributed by atoms with Crippen LogP contribution in [0.5, 0.6) is 0 Å². The van der Waals surface area contributed by atoms with Crippen LogP contribution in [0.25, 0.3) is 0 Å². The molecule has 0 atom stereocenters. The Morgan fingerprint density at radius 2 is 2.40 bits per heavy atom. The predicted molar refractivity (Wildman–Crippen MR) is 54.5 cm³/mol. The van der Waals surface area contributed by atoms with Gasteiger partial charge in [0.25, 0.3) is 0 Å². The number of fused-ring (bicyclic) bond motifs is 1. The molecule has 0 bridgehead atoms. The Kier molecular flexibility index (Phi) is 2.73. The molecule has 0 N–H and O–H groups in total. The highest BCUT2D eigenvalue weighted by Crippen LogP contribution is 2.13. The number of nitrogens with zero attached hydrogens (tertiary/aromatic N) is 3. The van der Waals surface area contributed by atoms with Crippen molar-refractivity contribution in [1.29, 1.82) is 0 Å². The van der Waals surface area contributed by atoms with Crippen molar-refractivity contribution in [3.63, 3.8) is 0 Å². The average molecular weight is 209 g/mol. The zero-order chi connectivity index (χ0) is 10.8. The molecule has 0 aliphatic carbocycles. The molecule has 0 fully saturated rings. The second-order valence-corrected chi connectivity index (χ2v) is 3.67. The van der Waals surface area contributed by atoms with Crippen molar-refractivity contribution in [1.82, 2.24) is 14.5 Å². The summed E-state index contributed by atoms with van der Waals surface area (Å²) in [6, 6.07) is 0. The summed E-state index contributed by atoms with van der Waals surface area (Å²) in [5, 5.41) is 0. The van der Waals surface area contributed by atoms with Gasteiger partial charge in [-0.1, -0.05) is 0 Å². The molecule has 0 saturated carbocycles. The molecular weight excluding hydrogens is 194 g/mol. The molecule has 2 rings (SSSR count). The summed E-state index contributed by atoms with van der Waals surface area (Å²) >= 11 is 0. The van der Waals surface area contributed by atoms with Crippen LogP contribution in [0.1, 0.15) is 23.2 Å². The number of hydrogen-bond acceptors (Lipinski definition) is 4. The van der Waals surface area contributed by atoms with Crippen molar-refractivity contribution in [2.75, 3.05) is 20.2 Å². The van der Waals surface area contributed by atoms with Gasteiger partial charge < -0.3 is 9.30 Å². The fourth-order valence-electron chi connectivity index (χ4n) is 1.75. The quantitative estimate of drug-likeness (QED) is 0.666. The van der Waals surface area contributed by atoms with Gasteiger partial charge >= 0.3 is 5.97 Å². The van der Waals surface area contributed by atoms with Crippen LogP contribution in [0, 0.1) is 0 Å². The van der Waals surface area contributed by atoms with E-state index in [-0.39, 0.29) is 5.97 Å². The molecule has 1 aliphatic heterocycles. The Morgan fingerprint density at radius 1 is 1.60 bits per heavy atom. The number of aromatic nitrogens is 2. The fourth-order valence-corrected chi connectivity index (χ4v) is 1.75. The molecule has 1 aromatic heterocycles. The highest BCUT2D eigenvalue weighted by Gasteiger charge is 2.21. The summed E-state index contributed by atoms with van der Waals surface area (Å²) < 4.78 is 6.91. The van der Waals surface area contributed by atoms with Gasteiger partial charge in [-0.2, -0.15) is 0 Å². The number of imidazole rings is 1. The third kappa shape index (κ3) is 1.87. The molecule has 5 nitrogen and oxygen atoms in total. The lowest BCUT2D eigenvalue weighted by atomic mass is 10.3. The van der Waals surface area contributed by atoms with Crippen LogP contribution in [-0.2, 0) is 17.8 Å². The first kappa shape index (κ1) is 10.2. The van der Waals surface area contributed by atoms with E-state index in [1.165, 1.54) is 0 Å². The van der Waals surface area contributed by atoms with Crippen LogP contribution in [0.3, 0.4) is 0 Å². The molecule has 5 heteroatoms. The van der Waals surface area contributed by atoms with E-state index in [1.54, 1.807) is 13.1 Å². The third-order valence-electron chi connectivity index (χ3n) is 2.54. The van der Waals surface area contributed by atoms with Crippen LogP contribution in [0.4, 0.5) is 0 Å². The van der Waals surface area contributed by atoms with Gasteiger partial charge in [0.05, 0.1) is 19.3 Å². The monoisotopic (exact) mass is 209 g/mol. The Bertz CT molecular complexity index is 373. The van der Waals surface area contributed by atoms with Crippen molar-refractivity contribution in [3.8, 4) is 0 Å². The summed E-state index contributed by atoms with van der Waals surface area (Å²) in [4.78, 5) is 18.0. The lowest BCUT2D eigenvalue weighted by Gasteiger charge is -2.24. The highest BCUT2D eigenvalue weighted by molar-refractivity contribution is 5.87.